The Hall–Kier alpha value is -2.13. The predicted octanol–water partition coefficient (Wildman–Crippen LogP) is 3.00. The lowest BCUT2D eigenvalue weighted by atomic mass is 10.1. The Labute approximate surface area is 179 Å². The number of nitrogens with zero attached hydrogens (tertiary/aromatic N) is 3. The molecule has 29 heavy (non-hydrogen) atoms. The van der Waals surface area contributed by atoms with Gasteiger partial charge in [0, 0.05) is 43.1 Å². The second-order valence-electron chi connectivity index (χ2n) is 7.21. The van der Waals surface area contributed by atoms with E-state index < -0.39 is 9.84 Å². The Balaban J connectivity index is 1.80. The van der Waals surface area contributed by atoms with Gasteiger partial charge in [-0.2, -0.15) is 0 Å². The van der Waals surface area contributed by atoms with Gasteiger partial charge in [0.2, 0.25) is 0 Å². The monoisotopic (exact) mass is 481 g/mol. The van der Waals surface area contributed by atoms with Crippen LogP contribution in [0.3, 0.4) is 0 Å². The summed E-state index contributed by atoms with van der Waals surface area (Å²) in [6.07, 6.45) is 2.74. The van der Waals surface area contributed by atoms with E-state index in [0.717, 1.165) is 16.5 Å². The Kier molecular flexibility index (Phi) is 6.48. The van der Waals surface area contributed by atoms with Crippen LogP contribution in [0.5, 0.6) is 5.75 Å². The van der Waals surface area contributed by atoms with E-state index in [-0.39, 0.29) is 22.5 Å². The largest absolute Gasteiger partial charge is 0.490 e. The Morgan fingerprint density at radius 3 is 2.38 bits per heavy atom. The summed E-state index contributed by atoms with van der Waals surface area (Å²) in [6.45, 7) is 6.05. The van der Waals surface area contributed by atoms with Crippen LogP contribution in [0.15, 0.2) is 45.9 Å². The third-order valence-corrected chi connectivity index (χ3v) is 6.15. The highest BCUT2D eigenvalue weighted by Crippen LogP contribution is 2.26. The summed E-state index contributed by atoms with van der Waals surface area (Å²) in [5.41, 5.74) is 0.275. The third kappa shape index (κ3) is 5.27. The molecule has 1 aliphatic rings. The summed E-state index contributed by atoms with van der Waals surface area (Å²) in [6, 6.07) is 8.32. The molecule has 9 heteroatoms. The van der Waals surface area contributed by atoms with Gasteiger partial charge in [-0.3, -0.25) is 4.79 Å². The Morgan fingerprint density at radius 1 is 1.14 bits per heavy atom. The van der Waals surface area contributed by atoms with Crippen LogP contribution in [-0.4, -0.2) is 62.7 Å². The topological polar surface area (TPSA) is 79.8 Å². The van der Waals surface area contributed by atoms with E-state index in [1.165, 1.54) is 12.1 Å². The van der Waals surface area contributed by atoms with Gasteiger partial charge in [-0.05, 0) is 60.1 Å². The molecule has 0 saturated carbocycles. The lowest BCUT2D eigenvalue weighted by Gasteiger charge is -2.35. The molecule has 0 N–H and O–H groups in total. The third-order valence-electron chi connectivity index (χ3n) is 4.57. The average molecular weight is 482 g/mol. The van der Waals surface area contributed by atoms with Crippen LogP contribution in [0.2, 0.25) is 0 Å². The second kappa shape index (κ2) is 8.71. The van der Waals surface area contributed by atoms with Gasteiger partial charge in [0.15, 0.2) is 9.84 Å². The van der Waals surface area contributed by atoms with Crippen LogP contribution in [0.4, 0.5) is 5.82 Å². The molecular weight excluding hydrogens is 458 g/mol. The van der Waals surface area contributed by atoms with Crippen molar-refractivity contribution in [1.29, 1.82) is 0 Å². The molecule has 0 bridgehead atoms. The number of piperazine rings is 1. The van der Waals surface area contributed by atoms with Gasteiger partial charge < -0.3 is 14.5 Å². The van der Waals surface area contributed by atoms with Crippen LogP contribution < -0.4 is 9.64 Å². The van der Waals surface area contributed by atoms with E-state index in [4.69, 9.17) is 4.74 Å². The number of sulfone groups is 1. The maximum atomic E-state index is 13.2. The van der Waals surface area contributed by atoms with Crippen molar-refractivity contribution in [2.75, 3.05) is 37.3 Å². The first-order valence-corrected chi connectivity index (χ1v) is 12.0. The van der Waals surface area contributed by atoms with Crippen molar-refractivity contribution < 1.29 is 17.9 Å². The van der Waals surface area contributed by atoms with E-state index in [1.54, 1.807) is 17.2 Å². The molecule has 2 heterocycles. The zero-order valence-corrected chi connectivity index (χ0v) is 19.0. The molecule has 0 radical (unpaired) electrons. The molecule has 1 aromatic carbocycles. The fourth-order valence-corrected chi connectivity index (χ4v) is 4.01. The van der Waals surface area contributed by atoms with E-state index in [1.807, 2.05) is 26.0 Å². The number of hydrogen-bond donors (Lipinski definition) is 0. The van der Waals surface area contributed by atoms with E-state index in [0.29, 0.717) is 31.9 Å². The van der Waals surface area contributed by atoms with Crippen molar-refractivity contribution in [2.45, 2.75) is 24.8 Å². The predicted molar refractivity (Wildman–Crippen MR) is 115 cm³/mol. The number of amides is 1. The van der Waals surface area contributed by atoms with Crippen LogP contribution in [-0.2, 0) is 9.84 Å². The number of carbonyl (C=O) groups is 1. The maximum Gasteiger partial charge on any atom is 0.257 e. The molecule has 0 atom stereocenters. The molecule has 2 aromatic rings. The first-order chi connectivity index (χ1) is 13.6. The molecule has 7 nitrogen and oxygen atoms in total. The van der Waals surface area contributed by atoms with Gasteiger partial charge in [0.25, 0.3) is 5.91 Å². The molecule has 1 aliphatic heterocycles. The van der Waals surface area contributed by atoms with Gasteiger partial charge in [0.05, 0.1) is 16.6 Å². The Bertz CT molecular complexity index is 985. The van der Waals surface area contributed by atoms with Crippen molar-refractivity contribution in [2.24, 2.45) is 0 Å². The quantitative estimate of drug-likeness (QED) is 0.652. The molecule has 0 spiro atoms. The van der Waals surface area contributed by atoms with E-state index in [2.05, 4.69) is 25.8 Å². The first-order valence-electron chi connectivity index (χ1n) is 9.31. The highest BCUT2D eigenvalue weighted by atomic mass is 79.9. The summed E-state index contributed by atoms with van der Waals surface area (Å²) >= 11 is 3.38. The minimum Gasteiger partial charge on any atom is -0.490 e. The van der Waals surface area contributed by atoms with Crippen molar-refractivity contribution >= 4 is 37.5 Å². The molecule has 1 aromatic heterocycles. The van der Waals surface area contributed by atoms with E-state index in [9.17, 15) is 13.2 Å². The van der Waals surface area contributed by atoms with Crippen molar-refractivity contribution in [3.8, 4) is 5.75 Å². The molecule has 1 fully saturated rings. The zero-order valence-electron chi connectivity index (χ0n) is 16.6. The van der Waals surface area contributed by atoms with Gasteiger partial charge in [-0.1, -0.05) is 0 Å². The summed E-state index contributed by atoms with van der Waals surface area (Å²) in [5.74, 6) is 1.03. The number of anilines is 1. The van der Waals surface area contributed by atoms with Crippen molar-refractivity contribution in [3.63, 3.8) is 0 Å². The lowest BCUT2D eigenvalue weighted by molar-refractivity contribution is 0.0740. The van der Waals surface area contributed by atoms with Gasteiger partial charge in [0.1, 0.15) is 11.6 Å². The normalized spacial score (nSPS) is 14.9. The minimum atomic E-state index is -3.43. The van der Waals surface area contributed by atoms with Crippen molar-refractivity contribution in [3.05, 3.63) is 46.6 Å². The Morgan fingerprint density at radius 2 is 1.83 bits per heavy atom. The molecule has 0 aliphatic carbocycles. The van der Waals surface area contributed by atoms with Crippen LogP contribution >= 0.6 is 15.9 Å². The van der Waals surface area contributed by atoms with Crippen LogP contribution in [0.25, 0.3) is 0 Å². The standard InChI is InChI=1S/C20H24BrN3O4S/c1-14(2)28-18-6-5-16(29(3,26)27)12-17(18)20(25)24-10-8-23(9-11-24)19-7-4-15(21)13-22-19/h4-7,12-14H,8-11H2,1-3H3. The lowest BCUT2D eigenvalue weighted by Crippen LogP contribution is -2.49. The summed E-state index contributed by atoms with van der Waals surface area (Å²) in [7, 11) is -3.43. The van der Waals surface area contributed by atoms with Crippen LogP contribution in [0, 0.1) is 0 Å². The molecule has 156 valence electrons. The number of carbonyl (C=O) groups excluding carboxylic acids is 1. The number of pyridine rings is 1. The molecule has 1 saturated heterocycles. The highest BCUT2D eigenvalue weighted by Gasteiger charge is 2.26. The molecule has 0 unspecified atom stereocenters. The number of benzene rings is 1. The first kappa shape index (κ1) is 21.6. The molecule has 3 rings (SSSR count). The van der Waals surface area contributed by atoms with Gasteiger partial charge in [-0.15, -0.1) is 0 Å². The SMILES string of the molecule is CC(C)Oc1ccc(S(C)(=O)=O)cc1C(=O)N1CCN(c2ccc(Br)cn2)CC1. The summed E-state index contributed by atoms with van der Waals surface area (Å²) in [4.78, 5) is 21.5. The molecular formula is C20H24BrN3O4S. The molecule has 1 amide bonds. The fourth-order valence-electron chi connectivity index (χ4n) is 3.13. The second-order valence-corrected chi connectivity index (χ2v) is 10.1. The number of hydrogen-bond acceptors (Lipinski definition) is 6. The summed E-state index contributed by atoms with van der Waals surface area (Å²) in [5, 5.41) is 0. The van der Waals surface area contributed by atoms with Crippen molar-refractivity contribution in [1.82, 2.24) is 9.88 Å². The number of ether oxygens (including phenoxy) is 1. The maximum absolute atomic E-state index is 13.2. The van der Waals surface area contributed by atoms with Gasteiger partial charge in [-0.25, -0.2) is 13.4 Å². The van der Waals surface area contributed by atoms with Crippen LogP contribution in [0.1, 0.15) is 24.2 Å². The van der Waals surface area contributed by atoms with Gasteiger partial charge >= 0.3 is 0 Å². The highest BCUT2D eigenvalue weighted by molar-refractivity contribution is 9.10. The number of rotatable bonds is 5. The minimum absolute atomic E-state index is 0.106. The number of halogens is 1. The number of aromatic nitrogens is 1. The summed E-state index contributed by atoms with van der Waals surface area (Å²) < 4.78 is 30.6. The van der Waals surface area contributed by atoms with E-state index >= 15 is 0 Å². The zero-order chi connectivity index (χ0) is 21.2. The smallest absolute Gasteiger partial charge is 0.257 e. The average Bonchev–Trinajstić information content (AvgIpc) is 2.67. The fraction of sp³-hybridized carbons (Fsp3) is 0.400.